The summed E-state index contributed by atoms with van der Waals surface area (Å²) in [5.74, 6) is 0.928. The van der Waals surface area contributed by atoms with Crippen LogP contribution >= 0.6 is 0 Å². The number of nitrogens with zero attached hydrogens (tertiary/aromatic N) is 1. The third-order valence-corrected chi connectivity index (χ3v) is 4.44. The van der Waals surface area contributed by atoms with Gasteiger partial charge in [-0.05, 0) is 36.2 Å². The molecule has 0 aliphatic heterocycles. The third kappa shape index (κ3) is 2.38. The SMILES string of the molecule is FC1=C(c2ccc3nc(-c4cc5ccccc5o4)oc3c2)C=CCC1. The van der Waals surface area contributed by atoms with Crippen molar-refractivity contribution in [3.63, 3.8) is 0 Å². The molecule has 5 rings (SSSR count). The zero-order chi connectivity index (χ0) is 16.8. The molecule has 122 valence electrons. The number of furan rings is 1. The van der Waals surface area contributed by atoms with Gasteiger partial charge in [0.05, 0.1) is 0 Å². The van der Waals surface area contributed by atoms with Crippen LogP contribution in [0.25, 0.3) is 39.3 Å². The molecule has 0 atom stereocenters. The minimum absolute atomic E-state index is 0.0844. The molecule has 0 amide bonds. The summed E-state index contributed by atoms with van der Waals surface area (Å²) >= 11 is 0. The van der Waals surface area contributed by atoms with Crippen molar-refractivity contribution in [3.05, 3.63) is 72.1 Å². The topological polar surface area (TPSA) is 39.2 Å². The lowest BCUT2D eigenvalue weighted by molar-refractivity contribution is 0.559. The van der Waals surface area contributed by atoms with Crippen LogP contribution in [0.1, 0.15) is 18.4 Å². The molecule has 4 aromatic rings. The van der Waals surface area contributed by atoms with E-state index in [0.29, 0.717) is 29.2 Å². The summed E-state index contributed by atoms with van der Waals surface area (Å²) in [6, 6.07) is 15.2. The summed E-state index contributed by atoms with van der Waals surface area (Å²) < 4.78 is 25.8. The minimum Gasteiger partial charge on any atom is -0.451 e. The van der Waals surface area contributed by atoms with Gasteiger partial charge in [-0.2, -0.15) is 0 Å². The van der Waals surface area contributed by atoms with E-state index in [4.69, 9.17) is 8.83 Å². The summed E-state index contributed by atoms with van der Waals surface area (Å²) in [6.07, 6.45) is 5.01. The van der Waals surface area contributed by atoms with Crippen LogP contribution in [0, 0.1) is 0 Å². The molecule has 0 spiro atoms. The summed E-state index contributed by atoms with van der Waals surface area (Å²) in [7, 11) is 0. The number of benzene rings is 2. The highest BCUT2D eigenvalue weighted by molar-refractivity contribution is 5.86. The fourth-order valence-corrected chi connectivity index (χ4v) is 3.17. The molecule has 0 saturated heterocycles. The van der Waals surface area contributed by atoms with Gasteiger partial charge in [0.15, 0.2) is 11.3 Å². The van der Waals surface area contributed by atoms with Crippen LogP contribution in [0.4, 0.5) is 4.39 Å². The predicted octanol–water partition coefficient (Wildman–Crippen LogP) is 6.27. The number of hydrogen-bond donors (Lipinski definition) is 0. The fraction of sp³-hybridized carbons (Fsp3) is 0.0952. The average Bonchev–Trinajstić information content (AvgIpc) is 3.25. The largest absolute Gasteiger partial charge is 0.451 e. The van der Waals surface area contributed by atoms with E-state index >= 15 is 0 Å². The standard InChI is InChI=1S/C21H14FNO2/c22-16-7-3-2-6-15(16)13-9-10-17-19(11-13)25-21(23-17)20-12-14-5-1-4-8-18(14)24-20/h1-2,4-6,8-12H,3,7H2. The molecular weight excluding hydrogens is 317 g/mol. The van der Waals surface area contributed by atoms with Crippen LogP contribution < -0.4 is 0 Å². The summed E-state index contributed by atoms with van der Waals surface area (Å²) in [6.45, 7) is 0. The van der Waals surface area contributed by atoms with Crippen molar-refractivity contribution >= 4 is 27.6 Å². The molecule has 0 unspecified atom stereocenters. The second kappa shape index (κ2) is 5.45. The predicted molar refractivity (Wildman–Crippen MR) is 95.6 cm³/mol. The Kier molecular flexibility index (Phi) is 3.10. The minimum atomic E-state index is -0.0844. The molecule has 0 fully saturated rings. The second-order valence-corrected chi connectivity index (χ2v) is 6.11. The molecule has 4 heteroatoms. The Labute approximate surface area is 143 Å². The van der Waals surface area contributed by atoms with Gasteiger partial charge in [-0.1, -0.05) is 36.4 Å². The molecule has 2 aromatic heterocycles. The smallest absolute Gasteiger partial charge is 0.263 e. The third-order valence-electron chi connectivity index (χ3n) is 4.44. The van der Waals surface area contributed by atoms with Gasteiger partial charge in [-0.25, -0.2) is 9.37 Å². The quantitative estimate of drug-likeness (QED) is 0.434. The van der Waals surface area contributed by atoms with Crippen molar-refractivity contribution in [1.82, 2.24) is 4.98 Å². The number of oxazole rings is 1. The van der Waals surface area contributed by atoms with Gasteiger partial charge in [0.25, 0.3) is 5.89 Å². The average molecular weight is 331 g/mol. The van der Waals surface area contributed by atoms with Gasteiger partial charge in [-0.3, -0.25) is 0 Å². The summed E-state index contributed by atoms with van der Waals surface area (Å²) in [5, 5.41) is 1.00. The Morgan fingerprint density at radius 3 is 2.76 bits per heavy atom. The number of halogens is 1. The normalized spacial score (nSPS) is 14.8. The maximum atomic E-state index is 14.1. The van der Waals surface area contributed by atoms with Gasteiger partial charge in [0.1, 0.15) is 16.9 Å². The van der Waals surface area contributed by atoms with E-state index in [9.17, 15) is 4.39 Å². The van der Waals surface area contributed by atoms with Crippen molar-refractivity contribution in [1.29, 1.82) is 0 Å². The van der Waals surface area contributed by atoms with Crippen molar-refractivity contribution in [2.24, 2.45) is 0 Å². The van der Waals surface area contributed by atoms with E-state index in [1.165, 1.54) is 0 Å². The highest BCUT2D eigenvalue weighted by atomic mass is 19.1. The Hall–Kier alpha value is -3.14. The maximum Gasteiger partial charge on any atom is 0.263 e. The van der Waals surface area contributed by atoms with Crippen LogP contribution in [0.15, 0.2) is 75.3 Å². The number of para-hydroxylation sites is 1. The van der Waals surface area contributed by atoms with Gasteiger partial charge < -0.3 is 8.83 Å². The van der Waals surface area contributed by atoms with E-state index in [-0.39, 0.29) is 5.83 Å². The summed E-state index contributed by atoms with van der Waals surface area (Å²) in [4.78, 5) is 4.50. The molecule has 2 heterocycles. The van der Waals surface area contributed by atoms with Gasteiger partial charge in [-0.15, -0.1) is 0 Å². The number of aromatic nitrogens is 1. The van der Waals surface area contributed by atoms with Gasteiger partial charge in [0.2, 0.25) is 0 Å². The molecule has 0 N–H and O–H groups in total. The van der Waals surface area contributed by atoms with Crippen molar-refractivity contribution in [2.75, 3.05) is 0 Å². The van der Waals surface area contributed by atoms with E-state index in [1.807, 2.05) is 60.7 Å². The van der Waals surface area contributed by atoms with Crippen LogP contribution in [-0.2, 0) is 0 Å². The van der Waals surface area contributed by atoms with Crippen molar-refractivity contribution < 1.29 is 13.2 Å². The van der Waals surface area contributed by atoms with Crippen molar-refractivity contribution in [2.45, 2.75) is 12.8 Å². The fourth-order valence-electron chi connectivity index (χ4n) is 3.17. The van der Waals surface area contributed by atoms with Crippen LogP contribution in [0.2, 0.25) is 0 Å². The maximum absolute atomic E-state index is 14.1. The molecule has 3 nitrogen and oxygen atoms in total. The Morgan fingerprint density at radius 1 is 0.960 bits per heavy atom. The van der Waals surface area contributed by atoms with Gasteiger partial charge in [0, 0.05) is 17.4 Å². The second-order valence-electron chi connectivity index (χ2n) is 6.11. The molecular formula is C21H14FNO2. The lowest BCUT2D eigenvalue weighted by Gasteiger charge is -2.09. The monoisotopic (exact) mass is 331 g/mol. The lowest BCUT2D eigenvalue weighted by atomic mass is 9.98. The Balaban J connectivity index is 1.61. The Bertz CT molecular complexity index is 1130. The highest BCUT2D eigenvalue weighted by Crippen LogP contribution is 2.33. The van der Waals surface area contributed by atoms with Gasteiger partial charge >= 0.3 is 0 Å². The highest BCUT2D eigenvalue weighted by Gasteiger charge is 2.15. The molecule has 1 aliphatic carbocycles. The Morgan fingerprint density at radius 2 is 1.88 bits per heavy atom. The number of rotatable bonds is 2. The molecule has 0 bridgehead atoms. The zero-order valence-corrected chi connectivity index (χ0v) is 13.3. The first-order chi connectivity index (χ1) is 12.3. The number of allylic oxidation sites excluding steroid dienone is 4. The number of fused-ring (bicyclic) bond motifs is 2. The van der Waals surface area contributed by atoms with Crippen LogP contribution in [0.3, 0.4) is 0 Å². The van der Waals surface area contributed by atoms with Crippen LogP contribution in [-0.4, -0.2) is 4.98 Å². The first kappa shape index (κ1) is 14.2. The molecule has 1 aliphatic rings. The number of hydrogen-bond acceptors (Lipinski definition) is 3. The van der Waals surface area contributed by atoms with E-state index in [0.717, 1.165) is 28.5 Å². The molecule has 0 saturated carbocycles. The molecule has 25 heavy (non-hydrogen) atoms. The van der Waals surface area contributed by atoms with Crippen LogP contribution in [0.5, 0.6) is 0 Å². The zero-order valence-electron chi connectivity index (χ0n) is 13.3. The van der Waals surface area contributed by atoms with E-state index < -0.39 is 0 Å². The van der Waals surface area contributed by atoms with E-state index in [2.05, 4.69) is 4.98 Å². The van der Waals surface area contributed by atoms with E-state index in [1.54, 1.807) is 0 Å². The first-order valence-electron chi connectivity index (χ1n) is 8.23. The molecule has 2 aromatic carbocycles. The first-order valence-corrected chi connectivity index (χ1v) is 8.23. The van der Waals surface area contributed by atoms with Crippen molar-refractivity contribution in [3.8, 4) is 11.7 Å². The molecule has 0 radical (unpaired) electrons. The lowest BCUT2D eigenvalue weighted by Crippen LogP contribution is -1.90. The summed E-state index contributed by atoms with van der Waals surface area (Å²) in [5.41, 5.74) is 3.55.